The second kappa shape index (κ2) is 13.6. The first-order valence-corrected chi connectivity index (χ1v) is 10.3. The molecule has 1 aliphatic carbocycles. The third-order valence-corrected chi connectivity index (χ3v) is 5.00. The number of hydrogen-bond acceptors (Lipinski definition) is 6. The average Bonchev–Trinajstić information content (AvgIpc) is 3.02. The minimum atomic E-state index is -0.0479. The molecule has 1 aliphatic rings. The molecular formula is C17H31N3O2S2. The van der Waals surface area contributed by atoms with Crippen LogP contribution in [0.1, 0.15) is 70.4 Å². The van der Waals surface area contributed by atoms with Gasteiger partial charge in [-0.1, -0.05) is 45.4 Å². The summed E-state index contributed by atoms with van der Waals surface area (Å²) in [6.45, 7) is 4.47. The highest BCUT2D eigenvalue weighted by atomic mass is 32.1. The number of carbonyl (C=O) groups excluding carboxylic acids is 1. The smallest absolute Gasteiger partial charge is 0.225 e. The van der Waals surface area contributed by atoms with Crippen LogP contribution in [0.3, 0.4) is 0 Å². The van der Waals surface area contributed by atoms with E-state index in [1.54, 1.807) is 0 Å². The maximum atomic E-state index is 11.6. The molecule has 138 valence electrons. The van der Waals surface area contributed by atoms with Crippen LogP contribution in [0.4, 0.5) is 5.82 Å². The Bertz CT molecular complexity index is 435. The lowest BCUT2D eigenvalue weighted by Gasteiger charge is -2.12. The number of nitrogens with zero attached hydrogens (tertiary/aromatic N) is 2. The van der Waals surface area contributed by atoms with Gasteiger partial charge in [0.25, 0.3) is 0 Å². The minimum absolute atomic E-state index is 0.0479. The van der Waals surface area contributed by atoms with E-state index in [9.17, 15) is 4.79 Å². The molecule has 5 nitrogen and oxygen atoms in total. The minimum Gasteiger partial charge on any atom is -0.377 e. The van der Waals surface area contributed by atoms with Gasteiger partial charge in [-0.2, -0.15) is 21.4 Å². The summed E-state index contributed by atoms with van der Waals surface area (Å²) in [4.78, 5) is 11.6. The molecule has 0 aliphatic heterocycles. The van der Waals surface area contributed by atoms with Crippen molar-refractivity contribution >= 4 is 36.1 Å². The molecule has 7 heteroatoms. The molecule has 1 unspecified atom stereocenters. The summed E-state index contributed by atoms with van der Waals surface area (Å²) in [5.41, 5.74) is 0.755. The third-order valence-electron chi connectivity index (χ3n) is 3.97. The Hall–Kier alpha value is -0.660. The van der Waals surface area contributed by atoms with Gasteiger partial charge in [0, 0.05) is 18.8 Å². The van der Waals surface area contributed by atoms with Gasteiger partial charge in [-0.05, 0) is 19.8 Å². The summed E-state index contributed by atoms with van der Waals surface area (Å²) in [5.74, 6) is 1.23. The van der Waals surface area contributed by atoms with E-state index in [0.29, 0.717) is 31.0 Å². The van der Waals surface area contributed by atoms with Gasteiger partial charge in [-0.3, -0.25) is 4.79 Å². The fraction of sp³-hybridized carbons (Fsp3) is 0.824. The van der Waals surface area contributed by atoms with Gasteiger partial charge in [0.15, 0.2) is 5.82 Å². The van der Waals surface area contributed by atoms with E-state index in [1.807, 2.05) is 6.92 Å². The molecule has 1 aromatic heterocycles. The van der Waals surface area contributed by atoms with Crippen molar-refractivity contribution in [2.24, 2.45) is 0 Å². The van der Waals surface area contributed by atoms with E-state index in [1.165, 1.54) is 38.5 Å². The van der Waals surface area contributed by atoms with Gasteiger partial charge >= 0.3 is 0 Å². The molecule has 1 saturated carbocycles. The maximum Gasteiger partial charge on any atom is 0.225 e. The number of carbonyl (C=O) groups is 1. The summed E-state index contributed by atoms with van der Waals surface area (Å²) in [5, 5.41) is 2.73. The van der Waals surface area contributed by atoms with Crippen molar-refractivity contribution in [2.45, 2.75) is 77.7 Å². The molecule has 1 atom stereocenters. The first kappa shape index (κ1) is 21.4. The molecule has 1 aromatic rings. The number of hydrogen-bond donors (Lipinski definition) is 2. The second-order valence-corrected chi connectivity index (χ2v) is 6.95. The third kappa shape index (κ3) is 9.59. The van der Waals surface area contributed by atoms with Gasteiger partial charge in [-0.25, -0.2) is 0 Å². The number of aromatic nitrogens is 2. The summed E-state index contributed by atoms with van der Waals surface area (Å²) < 4.78 is 13.6. The van der Waals surface area contributed by atoms with Crippen LogP contribution in [-0.4, -0.2) is 33.1 Å². The highest BCUT2D eigenvalue weighted by molar-refractivity contribution is 7.80. The van der Waals surface area contributed by atoms with Crippen LogP contribution in [0.5, 0.6) is 0 Å². The van der Waals surface area contributed by atoms with Gasteiger partial charge in [0.1, 0.15) is 0 Å². The van der Waals surface area contributed by atoms with Gasteiger partial charge in [-0.15, -0.1) is 0 Å². The molecule has 0 aromatic carbocycles. The van der Waals surface area contributed by atoms with Crippen molar-refractivity contribution in [3.63, 3.8) is 0 Å². The van der Waals surface area contributed by atoms with Gasteiger partial charge < -0.3 is 10.1 Å². The Morgan fingerprint density at radius 3 is 2.33 bits per heavy atom. The van der Waals surface area contributed by atoms with E-state index in [4.69, 9.17) is 4.74 Å². The quantitative estimate of drug-likeness (QED) is 0.515. The Balaban J connectivity index is 0.000000400. The first-order valence-electron chi connectivity index (χ1n) is 8.98. The highest BCUT2D eigenvalue weighted by Gasteiger charge is 2.08. The average molecular weight is 374 g/mol. The number of anilines is 1. The number of rotatable bonds is 8. The van der Waals surface area contributed by atoms with Crippen LogP contribution in [-0.2, 0) is 9.53 Å². The van der Waals surface area contributed by atoms with Gasteiger partial charge in [0.05, 0.1) is 23.5 Å². The SMILES string of the molecule is C1CCCCC1.CCC(CS)OCCCC(=O)Nc1nsnc1C. The predicted molar refractivity (Wildman–Crippen MR) is 104 cm³/mol. The normalized spacial score (nSPS) is 15.3. The van der Waals surface area contributed by atoms with Crippen LogP contribution in [0, 0.1) is 6.92 Å². The van der Waals surface area contributed by atoms with Crippen LogP contribution in [0.2, 0.25) is 0 Å². The van der Waals surface area contributed by atoms with Crippen LogP contribution in [0.15, 0.2) is 0 Å². The van der Waals surface area contributed by atoms with Crippen LogP contribution < -0.4 is 5.32 Å². The van der Waals surface area contributed by atoms with Crippen molar-refractivity contribution < 1.29 is 9.53 Å². The predicted octanol–water partition coefficient (Wildman–Crippen LogP) is 4.63. The number of amides is 1. The first-order chi connectivity index (χ1) is 11.7. The van der Waals surface area contributed by atoms with Crippen molar-refractivity contribution in [3.05, 3.63) is 5.69 Å². The Morgan fingerprint density at radius 2 is 1.88 bits per heavy atom. The fourth-order valence-corrected chi connectivity index (χ4v) is 3.26. The molecule has 0 spiro atoms. The highest BCUT2D eigenvalue weighted by Crippen LogP contribution is 2.15. The topological polar surface area (TPSA) is 64.1 Å². The zero-order valence-electron chi connectivity index (χ0n) is 14.9. The molecule has 1 amide bonds. The van der Waals surface area contributed by atoms with Crippen molar-refractivity contribution in [1.82, 2.24) is 8.75 Å². The van der Waals surface area contributed by atoms with Crippen molar-refractivity contribution in [2.75, 3.05) is 17.7 Å². The summed E-state index contributed by atoms with van der Waals surface area (Å²) in [6.07, 6.45) is 11.3. The molecule has 1 N–H and O–H groups in total. The zero-order chi connectivity index (χ0) is 17.6. The molecule has 0 radical (unpaired) electrons. The monoisotopic (exact) mass is 373 g/mol. The van der Waals surface area contributed by atoms with Crippen molar-refractivity contribution in [1.29, 1.82) is 0 Å². The number of thiol groups is 1. The van der Waals surface area contributed by atoms with E-state index in [-0.39, 0.29) is 12.0 Å². The summed E-state index contributed by atoms with van der Waals surface area (Å²) in [6, 6.07) is 0. The van der Waals surface area contributed by atoms with Crippen LogP contribution in [0.25, 0.3) is 0 Å². The molecule has 1 fully saturated rings. The number of aryl methyl sites for hydroxylation is 1. The Kier molecular flexibility index (Phi) is 12.1. The van der Waals surface area contributed by atoms with E-state index < -0.39 is 0 Å². The lowest BCUT2D eigenvalue weighted by atomic mass is 10.0. The lowest BCUT2D eigenvalue weighted by Crippen LogP contribution is -2.17. The molecule has 2 rings (SSSR count). The largest absolute Gasteiger partial charge is 0.377 e. The van der Waals surface area contributed by atoms with Crippen molar-refractivity contribution in [3.8, 4) is 0 Å². The summed E-state index contributed by atoms with van der Waals surface area (Å²) in [7, 11) is 0. The standard InChI is InChI=1S/C11H19N3O2S2.C6H12/c1-3-9(7-17)16-6-4-5-10(15)12-11-8(2)13-18-14-11;1-2-4-6-5-3-1/h9,17H,3-7H2,1-2H3,(H,12,14,15);1-6H2. The molecule has 24 heavy (non-hydrogen) atoms. The second-order valence-electron chi connectivity index (χ2n) is 6.05. The summed E-state index contributed by atoms with van der Waals surface area (Å²) >= 11 is 5.29. The van der Waals surface area contributed by atoms with E-state index >= 15 is 0 Å². The lowest BCUT2D eigenvalue weighted by molar-refractivity contribution is -0.116. The van der Waals surface area contributed by atoms with E-state index in [2.05, 4.69) is 33.6 Å². The molecular weight excluding hydrogens is 342 g/mol. The zero-order valence-corrected chi connectivity index (χ0v) is 16.6. The fourth-order valence-electron chi connectivity index (χ4n) is 2.38. The molecule has 0 saturated heterocycles. The van der Waals surface area contributed by atoms with Gasteiger partial charge in [0.2, 0.25) is 5.91 Å². The molecule has 1 heterocycles. The van der Waals surface area contributed by atoms with E-state index in [0.717, 1.165) is 23.8 Å². The number of nitrogens with one attached hydrogen (secondary N) is 1. The maximum absolute atomic E-state index is 11.6. The molecule has 0 bridgehead atoms. The Morgan fingerprint density at radius 1 is 1.25 bits per heavy atom. The van der Waals surface area contributed by atoms with Crippen LogP contribution >= 0.6 is 24.4 Å². The number of ether oxygens (including phenoxy) is 1. The Labute approximate surface area is 155 Å².